The smallest absolute Gasteiger partial charge is 0.118 e. The van der Waals surface area contributed by atoms with Gasteiger partial charge in [0, 0.05) is 11.8 Å². The minimum absolute atomic E-state index is 0.0378. The molecule has 9 atom stereocenters. The van der Waals surface area contributed by atoms with Gasteiger partial charge in [-0.3, -0.25) is 0 Å². The van der Waals surface area contributed by atoms with Crippen molar-refractivity contribution in [2.24, 2.45) is 34.5 Å². The monoisotopic (exact) mass is 426 g/mol. The predicted octanol–water partition coefficient (Wildman–Crippen LogP) is 5.58. The van der Waals surface area contributed by atoms with Crippen LogP contribution in [0.2, 0.25) is 0 Å². The highest BCUT2D eigenvalue weighted by atomic mass is 16.6. The molecule has 5 rings (SSSR count). The number of epoxide rings is 1. The van der Waals surface area contributed by atoms with E-state index < -0.39 is 6.10 Å². The molecule has 2 fully saturated rings. The third-order valence-corrected chi connectivity index (χ3v) is 10.4. The van der Waals surface area contributed by atoms with Crippen LogP contribution in [-0.2, 0) is 4.74 Å². The van der Waals surface area contributed by atoms with Gasteiger partial charge in [-0.25, -0.2) is 0 Å². The second-order valence-corrected chi connectivity index (χ2v) is 12.2. The second kappa shape index (κ2) is 7.05. The Bertz CT molecular complexity index is 852. The maximum atomic E-state index is 11.5. The van der Waals surface area contributed by atoms with Gasteiger partial charge < -0.3 is 14.9 Å². The molecule has 0 aromatic rings. The van der Waals surface area contributed by atoms with E-state index >= 15 is 0 Å². The zero-order chi connectivity index (χ0) is 22.3. The van der Waals surface area contributed by atoms with Crippen LogP contribution in [0.15, 0.2) is 34.9 Å². The van der Waals surface area contributed by atoms with Gasteiger partial charge >= 0.3 is 0 Å². The summed E-state index contributed by atoms with van der Waals surface area (Å²) in [7, 11) is 0. The van der Waals surface area contributed by atoms with Crippen molar-refractivity contribution in [2.75, 3.05) is 0 Å². The van der Waals surface area contributed by atoms with Gasteiger partial charge in [-0.1, -0.05) is 65.3 Å². The Hall–Kier alpha value is -0.900. The van der Waals surface area contributed by atoms with Crippen LogP contribution >= 0.6 is 0 Å². The molecular weight excluding hydrogens is 384 g/mol. The molecule has 1 spiro atoms. The first-order chi connectivity index (χ1) is 14.5. The minimum atomic E-state index is -0.537. The fourth-order valence-corrected chi connectivity index (χ4v) is 7.79. The van der Waals surface area contributed by atoms with E-state index in [1.165, 1.54) is 16.7 Å². The molecule has 3 nitrogen and oxygen atoms in total. The van der Waals surface area contributed by atoms with Crippen molar-refractivity contribution in [1.82, 2.24) is 0 Å². The van der Waals surface area contributed by atoms with E-state index in [1.807, 2.05) is 0 Å². The predicted molar refractivity (Wildman–Crippen MR) is 124 cm³/mol. The number of ether oxygens (including phenoxy) is 1. The second-order valence-electron chi connectivity index (χ2n) is 12.2. The van der Waals surface area contributed by atoms with Gasteiger partial charge in [0.25, 0.3) is 0 Å². The molecule has 4 aliphatic carbocycles. The summed E-state index contributed by atoms with van der Waals surface area (Å²) in [6, 6.07) is 0. The molecule has 9 unspecified atom stereocenters. The van der Waals surface area contributed by atoms with Crippen molar-refractivity contribution < 1.29 is 14.9 Å². The molecule has 2 N–H and O–H groups in total. The lowest BCUT2D eigenvalue weighted by molar-refractivity contribution is 0.00606. The van der Waals surface area contributed by atoms with Crippen LogP contribution in [0.3, 0.4) is 0 Å². The molecule has 172 valence electrons. The molecule has 1 aliphatic heterocycles. The normalized spacial score (nSPS) is 48.1. The summed E-state index contributed by atoms with van der Waals surface area (Å²) < 4.78 is 6.30. The average Bonchev–Trinajstić information content (AvgIpc) is 3.34. The molecule has 1 saturated carbocycles. The van der Waals surface area contributed by atoms with Crippen LogP contribution in [0.4, 0.5) is 0 Å². The minimum Gasteiger partial charge on any atom is -0.393 e. The van der Waals surface area contributed by atoms with E-state index in [4.69, 9.17) is 4.74 Å². The molecule has 3 heteroatoms. The van der Waals surface area contributed by atoms with E-state index in [-0.39, 0.29) is 28.6 Å². The number of hydrogen-bond donors (Lipinski definition) is 2. The van der Waals surface area contributed by atoms with Crippen LogP contribution in [-0.4, -0.2) is 34.1 Å². The zero-order valence-corrected chi connectivity index (χ0v) is 20.3. The van der Waals surface area contributed by atoms with Crippen molar-refractivity contribution in [3.63, 3.8) is 0 Å². The molecule has 0 bridgehead atoms. The highest BCUT2D eigenvalue weighted by molar-refractivity contribution is 5.56. The van der Waals surface area contributed by atoms with Gasteiger partial charge in [0.05, 0.1) is 6.10 Å². The molecule has 31 heavy (non-hydrogen) atoms. The number of allylic oxidation sites excluding steroid dienone is 3. The van der Waals surface area contributed by atoms with Crippen molar-refractivity contribution in [3.05, 3.63) is 34.9 Å². The number of hydrogen-bond acceptors (Lipinski definition) is 3. The highest BCUT2D eigenvalue weighted by Gasteiger charge is 2.75. The largest absolute Gasteiger partial charge is 0.393 e. The molecule has 5 aliphatic rings. The SMILES string of the molecule is CC(C)C(C)/C=C/C(C)C1CC=C2C3=C(CCC21C)C1(C)CCC(O)CC12OC2C3O. The number of aliphatic hydroxyl groups excluding tert-OH is 2. The van der Waals surface area contributed by atoms with E-state index in [0.717, 1.165) is 32.1 Å². The summed E-state index contributed by atoms with van der Waals surface area (Å²) >= 11 is 0. The summed E-state index contributed by atoms with van der Waals surface area (Å²) in [6.07, 6.45) is 12.2. The van der Waals surface area contributed by atoms with Gasteiger partial charge in [-0.15, -0.1) is 0 Å². The molecule has 1 heterocycles. The molecule has 0 radical (unpaired) electrons. The standard InChI is InChI=1S/C28H42O3/c1-16(2)17(3)7-8-18(4)20-9-10-21-23-22(12-13-26(20,21)5)27(6)14-11-19(29)15-28(27)25(31-28)24(23)30/h7-8,10,16-20,24-25,29-30H,9,11-15H2,1-6H3/b8-7+. The molecule has 0 amide bonds. The lowest BCUT2D eigenvalue weighted by Crippen LogP contribution is -2.53. The first-order valence-corrected chi connectivity index (χ1v) is 12.7. The summed E-state index contributed by atoms with van der Waals surface area (Å²) in [4.78, 5) is 0. The Balaban J connectivity index is 1.46. The average molecular weight is 427 g/mol. The fourth-order valence-electron chi connectivity index (χ4n) is 7.79. The lowest BCUT2D eigenvalue weighted by Gasteiger charge is -2.53. The first kappa shape index (κ1) is 21.9. The van der Waals surface area contributed by atoms with Crippen molar-refractivity contribution in [1.29, 1.82) is 0 Å². The summed E-state index contributed by atoms with van der Waals surface area (Å²) in [6.45, 7) is 14.1. The van der Waals surface area contributed by atoms with Crippen LogP contribution in [0.5, 0.6) is 0 Å². The fraction of sp³-hybridized carbons (Fsp3) is 0.786. The van der Waals surface area contributed by atoms with Gasteiger partial charge in [-0.05, 0) is 72.3 Å². The van der Waals surface area contributed by atoms with E-state index in [1.54, 1.807) is 0 Å². The first-order valence-electron chi connectivity index (χ1n) is 12.7. The summed E-state index contributed by atoms with van der Waals surface area (Å²) in [5, 5.41) is 21.8. The maximum Gasteiger partial charge on any atom is 0.118 e. The number of rotatable bonds is 4. The Morgan fingerprint density at radius 1 is 1.10 bits per heavy atom. The molecule has 1 saturated heterocycles. The topological polar surface area (TPSA) is 53.0 Å². The Kier molecular flexibility index (Phi) is 4.98. The van der Waals surface area contributed by atoms with Crippen LogP contribution < -0.4 is 0 Å². The maximum absolute atomic E-state index is 11.5. The molecule has 0 aromatic heterocycles. The Morgan fingerprint density at radius 2 is 1.84 bits per heavy atom. The third kappa shape index (κ3) is 2.88. The summed E-state index contributed by atoms with van der Waals surface area (Å²) in [5.41, 5.74) is 3.84. The van der Waals surface area contributed by atoms with Gasteiger partial charge in [0.15, 0.2) is 0 Å². The Morgan fingerprint density at radius 3 is 2.55 bits per heavy atom. The van der Waals surface area contributed by atoms with Crippen molar-refractivity contribution >= 4 is 0 Å². The number of aliphatic hydroxyl groups is 2. The molecular formula is C28H42O3. The summed E-state index contributed by atoms with van der Waals surface area (Å²) in [5.74, 6) is 2.39. The van der Waals surface area contributed by atoms with Crippen molar-refractivity contribution in [3.8, 4) is 0 Å². The Labute approximate surface area is 188 Å². The van der Waals surface area contributed by atoms with Crippen LogP contribution in [0.1, 0.15) is 80.1 Å². The third-order valence-electron chi connectivity index (χ3n) is 10.4. The number of fused-ring (bicyclic) bond motifs is 3. The van der Waals surface area contributed by atoms with Crippen LogP contribution in [0.25, 0.3) is 0 Å². The van der Waals surface area contributed by atoms with Gasteiger partial charge in [-0.2, -0.15) is 0 Å². The highest BCUT2D eigenvalue weighted by Crippen LogP contribution is 2.71. The van der Waals surface area contributed by atoms with Gasteiger partial charge in [0.2, 0.25) is 0 Å². The van der Waals surface area contributed by atoms with E-state index in [0.29, 0.717) is 30.1 Å². The van der Waals surface area contributed by atoms with E-state index in [9.17, 15) is 10.2 Å². The van der Waals surface area contributed by atoms with Crippen LogP contribution in [0, 0.1) is 34.5 Å². The van der Waals surface area contributed by atoms with Crippen molar-refractivity contribution in [2.45, 2.75) is 104 Å². The van der Waals surface area contributed by atoms with Gasteiger partial charge in [0.1, 0.15) is 17.8 Å². The zero-order valence-electron chi connectivity index (χ0n) is 20.3. The molecule has 0 aromatic carbocycles. The van der Waals surface area contributed by atoms with E-state index in [2.05, 4.69) is 59.8 Å². The quantitative estimate of drug-likeness (QED) is 0.456. The lowest BCUT2D eigenvalue weighted by atomic mass is 9.51.